The summed E-state index contributed by atoms with van der Waals surface area (Å²) in [7, 11) is 1.45. The Kier molecular flexibility index (Phi) is 5.83. The number of aromatic carboxylic acids is 1. The number of methoxy groups -OCH3 is 1. The van der Waals surface area contributed by atoms with E-state index in [-0.39, 0.29) is 11.3 Å². The van der Waals surface area contributed by atoms with Gasteiger partial charge in [0.1, 0.15) is 5.75 Å². The summed E-state index contributed by atoms with van der Waals surface area (Å²) < 4.78 is 4.96. The lowest BCUT2D eigenvalue weighted by molar-refractivity contribution is 0.0697. The molecule has 1 aromatic carbocycles. The lowest BCUT2D eigenvalue weighted by Crippen LogP contribution is -2.30. The molecule has 0 heterocycles. The molecule has 0 saturated carbocycles. The normalized spacial score (nSPS) is 10.2. The molecule has 0 aromatic heterocycles. The maximum Gasteiger partial charge on any atom is 0.337 e. The number of carbonyl (C=O) groups excluding carboxylic acids is 1. The fourth-order valence-corrected chi connectivity index (χ4v) is 1.58. The van der Waals surface area contributed by atoms with Crippen molar-refractivity contribution in [2.24, 2.45) is 5.92 Å². The summed E-state index contributed by atoms with van der Waals surface area (Å²) in [5.41, 5.74) is 0.226. The monoisotopic (exact) mass is 280 g/mol. The molecule has 0 unspecified atom stereocenters. The van der Waals surface area contributed by atoms with Crippen molar-refractivity contribution in [2.45, 2.75) is 20.3 Å². The number of anilines is 1. The number of ether oxygens (including phenoxy) is 1. The predicted octanol–water partition coefficient (Wildman–Crippen LogP) is 2.56. The molecule has 3 N–H and O–H groups in total. The average Bonchev–Trinajstić information content (AvgIpc) is 2.38. The Bertz CT molecular complexity index is 486. The van der Waals surface area contributed by atoms with Gasteiger partial charge in [0, 0.05) is 6.54 Å². The van der Waals surface area contributed by atoms with Gasteiger partial charge in [0.25, 0.3) is 0 Å². The Labute approximate surface area is 118 Å². The van der Waals surface area contributed by atoms with Crippen molar-refractivity contribution in [1.82, 2.24) is 5.32 Å². The third kappa shape index (κ3) is 4.79. The Morgan fingerprint density at radius 3 is 2.60 bits per heavy atom. The van der Waals surface area contributed by atoms with Crippen LogP contribution in [0.1, 0.15) is 30.6 Å². The van der Waals surface area contributed by atoms with Crippen LogP contribution in [0.2, 0.25) is 0 Å². The molecule has 20 heavy (non-hydrogen) atoms. The second-order valence-electron chi connectivity index (χ2n) is 4.78. The highest BCUT2D eigenvalue weighted by Crippen LogP contribution is 2.22. The topological polar surface area (TPSA) is 87.7 Å². The van der Waals surface area contributed by atoms with Crippen LogP contribution in [0.25, 0.3) is 0 Å². The smallest absolute Gasteiger partial charge is 0.337 e. The minimum Gasteiger partial charge on any atom is -0.497 e. The van der Waals surface area contributed by atoms with E-state index in [1.165, 1.54) is 19.2 Å². The highest BCUT2D eigenvalue weighted by Gasteiger charge is 2.13. The first-order valence-electron chi connectivity index (χ1n) is 6.40. The third-order valence-electron chi connectivity index (χ3n) is 2.71. The molecule has 0 atom stereocenters. The van der Waals surface area contributed by atoms with Crippen molar-refractivity contribution in [3.05, 3.63) is 23.8 Å². The number of urea groups is 1. The largest absolute Gasteiger partial charge is 0.497 e. The molecule has 0 spiro atoms. The molecule has 0 radical (unpaired) electrons. The molecule has 6 heteroatoms. The maximum absolute atomic E-state index is 11.7. The Morgan fingerprint density at radius 2 is 2.05 bits per heavy atom. The Balaban J connectivity index is 2.71. The first-order valence-corrected chi connectivity index (χ1v) is 6.40. The molecule has 0 saturated heterocycles. The van der Waals surface area contributed by atoms with Crippen molar-refractivity contribution in [3.8, 4) is 5.75 Å². The van der Waals surface area contributed by atoms with E-state index in [1.54, 1.807) is 6.07 Å². The van der Waals surface area contributed by atoms with Crippen LogP contribution < -0.4 is 15.4 Å². The second kappa shape index (κ2) is 7.37. The second-order valence-corrected chi connectivity index (χ2v) is 4.78. The van der Waals surface area contributed by atoms with Crippen molar-refractivity contribution < 1.29 is 19.4 Å². The summed E-state index contributed by atoms with van der Waals surface area (Å²) >= 11 is 0. The van der Waals surface area contributed by atoms with Gasteiger partial charge in [-0.2, -0.15) is 0 Å². The van der Waals surface area contributed by atoms with Gasteiger partial charge in [0.05, 0.1) is 18.4 Å². The number of benzene rings is 1. The number of nitrogens with one attached hydrogen (secondary N) is 2. The minimum atomic E-state index is -1.12. The number of hydrogen-bond acceptors (Lipinski definition) is 3. The maximum atomic E-state index is 11.7. The lowest BCUT2D eigenvalue weighted by Gasteiger charge is -2.11. The van der Waals surface area contributed by atoms with Gasteiger partial charge in [-0.3, -0.25) is 0 Å². The minimum absolute atomic E-state index is 0.0108. The molecule has 6 nitrogen and oxygen atoms in total. The van der Waals surface area contributed by atoms with E-state index in [2.05, 4.69) is 24.5 Å². The van der Waals surface area contributed by atoms with Gasteiger partial charge in [-0.15, -0.1) is 0 Å². The predicted molar refractivity (Wildman–Crippen MR) is 76.4 cm³/mol. The fraction of sp³-hybridized carbons (Fsp3) is 0.429. The average molecular weight is 280 g/mol. The Hall–Kier alpha value is -2.24. The van der Waals surface area contributed by atoms with Gasteiger partial charge in [-0.1, -0.05) is 13.8 Å². The van der Waals surface area contributed by atoms with E-state index in [1.807, 2.05) is 0 Å². The van der Waals surface area contributed by atoms with Crippen LogP contribution in [0, 0.1) is 5.92 Å². The molecule has 0 bridgehead atoms. The SMILES string of the molecule is COc1ccc(NC(=O)NCCC(C)C)c(C(=O)O)c1. The number of carbonyl (C=O) groups is 2. The zero-order valence-corrected chi connectivity index (χ0v) is 11.9. The highest BCUT2D eigenvalue weighted by molar-refractivity contribution is 6.00. The number of rotatable bonds is 6. The number of hydrogen-bond donors (Lipinski definition) is 3. The molecule has 0 aliphatic rings. The lowest BCUT2D eigenvalue weighted by atomic mass is 10.1. The van der Waals surface area contributed by atoms with Crippen LogP contribution in [0.3, 0.4) is 0 Å². The van der Waals surface area contributed by atoms with Crippen LogP contribution >= 0.6 is 0 Å². The van der Waals surface area contributed by atoms with E-state index in [0.717, 1.165) is 6.42 Å². The molecule has 0 aliphatic heterocycles. The van der Waals surface area contributed by atoms with Gasteiger partial charge < -0.3 is 20.5 Å². The van der Waals surface area contributed by atoms with Gasteiger partial charge in [0.2, 0.25) is 0 Å². The van der Waals surface area contributed by atoms with E-state index >= 15 is 0 Å². The number of amides is 2. The van der Waals surface area contributed by atoms with Crippen LogP contribution in [0.5, 0.6) is 5.75 Å². The molecule has 110 valence electrons. The summed E-state index contributed by atoms with van der Waals surface area (Å²) in [4.78, 5) is 22.8. The third-order valence-corrected chi connectivity index (χ3v) is 2.71. The van der Waals surface area contributed by atoms with Gasteiger partial charge in [-0.05, 0) is 30.5 Å². The molecular formula is C14H20N2O4. The number of carboxylic acids is 1. The van der Waals surface area contributed by atoms with Crippen molar-refractivity contribution in [3.63, 3.8) is 0 Å². The van der Waals surface area contributed by atoms with E-state index in [4.69, 9.17) is 9.84 Å². The fourth-order valence-electron chi connectivity index (χ4n) is 1.58. The first-order chi connectivity index (χ1) is 9.43. The molecule has 2 amide bonds. The van der Waals surface area contributed by atoms with Gasteiger partial charge >= 0.3 is 12.0 Å². The molecule has 0 aliphatic carbocycles. The zero-order chi connectivity index (χ0) is 15.1. The summed E-state index contributed by atoms with van der Waals surface area (Å²) in [6.07, 6.45) is 0.863. The standard InChI is InChI=1S/C14H20N2O4/c1-9(2)6-7-15-14(19)16-12-5-4-10(20-3)8-11(12)13(17)18/h4-5,8-9H,6-7H2,1-3H3,(H,17,18)(H2,15,16,19). The van der Waals surface area contributed by atoms with Crippen LogP contribution in [0.4, 0.5) is 10.5 Å². The van der Waals surface area contributed by atoms with Crippen LogP contribution in [-0.4, -0.2) is 30.8 Å². The van der Waals surface area contributed by atoms with Gasteiger partial charge in [-0.25, -0.2) is 9.59 Å². The number of carboxylic acid groups (broad SMARTS) is 1. The highest BCUT2D eigenvalue weighted by atomic mass is 16.5. The van der Waals surface area contributed by atoms with Crippen LogP contribution in [0.15, 0.2) is 18.2 Å². The van der Waals surface area contributed by atoms with E-state index in [9.17, 15) is 9.59 Å². The van der Waals surface area contributed by atoms with E-state index < -0.39 is 12.0 Å². The van der Waals surface area contributed by atoms with E-state index in [0.29, 0.717) is 18.2 Å². The van der Waals surface area contributed by atoms with Crippen LogP contribution in [-0.2, 0) is 0 Å². The van der Waals surface area contributed by atoms with Crippen molar-refractivity contribution in [1.29, 1.82) is 0 Å². The van der Waals surface area contributed by atoms with Crippen molar-refractivity contribution >= 4 is 17.7 Å². The molecule has 1 rings (SSSR count). The van der Waals surface area contributed by atoms with Gasteiger partial charge in [0.15, 0.2) is 0 Å². The molecule has 0 fully saturated rings. The summed E-state index contributed by atoms with van der Waals surface area (Å²) in [5, 5.41) is 14.3. The zero-order valence-electron chi connectivity index (χ0n) is 11.9. The van der Waals surface area contributed by atoms with Crippen molar-refractivity contribution in [2.75, 3.05) is 19.0 Å². The summed E-state index contributed by atoms with van der Waals surface area (Å²) in [6.45, 7) is 4.67. The molecule has 1 aromatic rings. The first kappa shape index (κ1) is 15.8. The molecular weight excluding hydrogens is 260 g/mol. The quantitative estimate of drug-likeness (QED) is 0.747. The summed E-state index contributed by atoms with van der Waals surface area (Å²) in [5.74, 6) is -0.208. The summed E-state index contributed by atoms with van der Waals surface area (Å²) in [6, 6.07) is 4.05. The Morgan fingerprint density at radius 1 is 1.35 bits per heavy atom.